The standard InChI is InChI=1S/C23H26N10S/c1-14-5-4-6-17(28-14)21-24-9-7-18(30-21)29-19-8-10-25-22(31-19)32-23-26-11-20(34-23)33-12-15(2)27-16(3)13-33/h4-11,15-16,27H,12-13H2,1-3H3,(H2,24,25,26,29,30,31,32)/t15-,16+. The van der Waals surface area contributed by atoms with Crippen molar-refractivity contribution >= 4 is 39.1 Å². The Bertz CT molecular complexity index is 1270. The van der Waals surface area contributed by atoms with Gasteiger partial charge < -0.3 is 15.5 Å². The molecule has 0 spiro atoms. The van der Waals surface area contributed by atoms with Gasteiger partial charge in [0, 0.05) is 43.3 Å². The summed E-state index contributed by atoms with van der Waals surface area (Å²) < 4.78 is 0. The molecular weight excluding hydrogens is 448 g/mol. The van der Waals surface area contributed by atoms with E-state index in [0.29, 0.717) is 35.5 Å². The molecule has 0 aliphatic carbocycles. The predicted molar refractivity (Wildman–Crippen MR) is 135 cm³/mol. The summed E-state index contributed by atoms with van der Waals surface area (Å²) in [5.41, 5.74) is 1.64. The number of pyridine rings is 1. The molecule has 11 heteroatoms. The monoisotopic (exact) mass is 474 g/mol. The largest absolute Gasteiger partial charge is 0.359 e. The molecule has 0 bridgehead atoms. The highest BCUT2D eigenvalue weighted by Gasteiger charge is 2.22. The first-order valence-corrected chi connectivity index (χ1v) is 11.9. The molecule has 1 fully saturated rings. The van der Waals surface area contributed by atoms with E-state index in [1.165, 1.54) is 0 Å². The summed E-state index contributed by atoms with van der Waals surface area (Å²) in [5, 5.41) is 11.9. The van der Waals surface area contributed by atoms with Gasteiger partial charge in [0.2, 0.25) is 5.95 Å². The lowest BCUT2D eigenvalue weighted by atomic mass is 10.1. The van der Waals surface area contributed by atoms with E-state index < -0.39 is 0 Å². The van der Waals surface area contributed by atoms with Crippen LogP contribution in [0.4, 0.5) is 27.7 Å². The van der Waals surface area contributed by atoms with Gasteiger partial charge in [0.1, 0.15) is 22.3 Å². The van der Waals surface area contributed by atoms with Crippen molar-refractivity contribution in [3.05, 3.63) is 54.6 Å². The third kappa shape index (κ3) is 5.26. The Morgan fingerprint density at radius 3 is 2.47 bits per heavy atom. The molecular formula is C23H26N10S. The molecule has 0 unspecified atom stereocenters. The first-order chi connectivity index (χ1) is 16.5. The van der Waals surface area contributed by atoms with Gasteiger partial charge in [0.15, 0.2) is 11.0 Å². The van der Waals surface area contributed by atoms with E-state index in [1.54, 1.807) is 35.9 Å². The average molecular weight is 475 g/mol. The Labute approximate surface area is 202 Å². The van der Waals surface area contributed by atoms with Gasteiger partial charge in [-0.3, -0.25) is 5.32 Å². The molecule has 4 aromatic rings. The van der Waals surface area contributed by atoms with Crippen molar-refractivity contribution in [1.29, 1.82) is 0 Å². The number of nitrogens with zero attached hydrogens (tertiary/aromatic N) is 7. The second kappa shape index (κ2) is 9.65. The molecule has 4 aromatic heterocycles. The van der Waals surface area contributed by atoms with Crippen LogP contribution in [0.25, 0.3) is 11.5 Å². The van der Waals surface area contributed by atoms with E-state index in [-0.39, 0.29) is 0 Å². The van der Waals surface area contributed by atoms with Gasteiger partial charge in [-0.2, -0.15) is 4.98 Å². The zero-order valence-electron chi connectivity index (χ0n) is 19.2. The van der Waals surface area contributed by atoms with Gasteiger partial charge >= 0.3 is 0 Å². The molecule has 0 radical (unpaired) electrons. The van der Waals surface area contributed by atoms with Crippen LogP contribution in [0, 0.1) is 6.92 Å². The molecule has 5 rings (SSSR count). The third-order valence-electron chi connectivity index (χ3n) is 5.27. The molecule has 1 saturated heterocycles. The van der Waals surface area contributed by atoms with Gasteiger partial charge in [-0.15, -0.1) is 0 Å². The predicted octanol–water partition coefficient (Wildman–Crippen LogP) is 3.77. The Balaban J connectivity index is 1.28. The summed E-state index contributed by atoms with van der Waals surface area (Å²) in [7, 11) is 0. The molecule has 10 nitrogen and oxygen atoms in total. The lowest BCUT2D eigenvalue weighted by Gasteiger charge is -2.36. The summed E-state index contributed by atoms with van der Waals surface area (Å²) in [6.07, 6.45) is 5.29. The summed E-state index contributed by atoms with van der Waals surface area (Å²) in [6, 6.07) is 10.2. The highest BCUT2D eigenvalue weighted by Crippen LogP contribution is 2.30. The van der Waals surface area contributed by atoms with Crippen LogP contribution in [0.15, 0.2) is 48.9 Å². The molecule has 2 atom stereocenters. The quantitative estimate of drug-likeness (QED) is 0.381. The number of hydrogen-bond acceptors (Lipinski definition) is 11. The molecule has 0 saturated carbocycles. The van der Waals surface area contributed by atoms with Crippen LogP contribution >= 0.6 is 11.3 Å². The van der Waals surface area contributed by atoms with Crippen molar-refractivity contribution in [3.8, 4) is 11.5 Å². The van der Waals surface area contributed by atoms with Crippen LogP contribution in [0.3, 0.4) is 0 Å². The SMILES string of the molecule is Cc1cccc(-c2nccc(Nc3ccnc(Nc4ncc(N5C[C@@H](C)N[C@@H](C)C5)s4)n3)n2)n1. The molecule has 3 N–H and O–H groups in total. The first-order valence-electron chi connectivity index (χ1n) is 11.1. The second-order valence-corrected chi connectivity index (χ2v) is 9.33. The molecule has 5 heterocycles. The number of hydrogen-bond donors (Lipinski definition) is 3. The van der Waals surface area contributed by atoms with Crippen molar-refractivity contribution in [2.24, 2.45) is 0 Å². The number of aromatic nitrogens is 6. The van der Waals surface area contributed by atoms with Crippen LogP contribution in [0.5, 0.6) is 0 Å². The molecule has 0 amide bonds. The lowest BCUT2D eigenvalue weighted by Crippen LogP contribution is -2.54. The summed E-state index contributed by atoms with van der Waals surface area (Å²) >= 11 is 1.60. The summed E-state index contributed by atoms with van der Waals surface area (Å²) in [6.45, 7) is 8.26. The Morgan fingerprint density at radius 1 is 0.912 bits per heavy atom. The van der Waals surface area contributed by atoms with Crippen molar-refractivity contribution < 1.29 is 0 Å². The number of nitrogens with one attached hydrogen (secondary N) is 3. The van der Waals surface area contributed by atoms with E-state index in [9.17, 15) is 0 Å². The number of rotatable bonds is 6. The molecule has 0 aromatic carbocycles. The number of piperazine rings is 1. The van der Waals surface area contributed by atoms with Crippen LogP contribution in [0.1, 0.15) is 19.5 Å². The minimum absolute atomic E-state index is 0.442. The fourth-order valence-electron chi connectivity index (χ4n) is 3.91. The molecule has 34 heavy (non-hydrogen) atoms. The maximum absolute atomic E-state index is 4.57. The van der Waals surface area contributed by atoms with Gasteiger partial charge in [0.05, 0.1) is 6.20 Å². The minimum atomic E-state index is 0.442. The lowest BCUT2D eigenvalue weighted by molar-refractivity contribution is 0.408. The molecule has 1 aliphatic rings. The van der Waals surface area contributed by atoms with Gasteiger partial charge in [-0.1, -0.05) is 17.4 Å². The molecule has 1 aliphatic heterocycles. The maximum atomic E-state index is 4.57. The fourth-order valence-corrected chi connectivity index (χ4v) is 4.74. The van der Waals surface area contributed by atoms with E-state index in [1.807, 2.05) is 31.3 Å². The smallest absolute Gasteiger partial charge is 0.230 e. The average Bonchev–Trinajstić information content (AvgIpc) is 3.27. The number of aryl methyl sites for hydroxylation is 1. The van der Waals surface area contributed by atoms with Crippen molar-refractivity contribution in [1.82, 2.24) is 35.2 Å². The maximum Gasteiger partial charge on any atom is 0.230 e. The second-order valence-electron chi connectivity index (χ2n) is 8.32. The van der Waals surface area contributed by atoms with Gasteiger partial charge in [-0.25, -0.2) is 24.9 Å². The first kappa shape index (κ1) is 22.1. The van der Waals surface area contributed by atoms with Gasteiger partial charge in [0.25, 0.3) is 0 Å². The van der Waals surface area contributed by atoms with Crippen LogP contribution in [0.2, 0.25) is 0 Å². The fraction of sp³-hybridized carbons (Fsp3) is 0.304. The zero-order valence-corrected chi connectivity index (χ0v) is 20.0. The number of anilines is 5. The van der Waals surface area contributed by atoms with E-state index in [4.69, 9.17) is 0 Å². The van der Waals surface area contributed by atoms with E-state index in [0.717, 1.165) is 34.6 Å². The van der Waals surface area contributed by atoms with Crippen LogP contribution in [-0.4, -0.2) is 55.1 Å². The van der Waals surface area contributed by atoms with Crippen molar-refractivity contribution in [3.63, 3.8) is 0 Å². The van der Waals surface area contributed by atoms with Crippen LogP contribution in [-0.2, 0) is 0 Å². The topological polar surface area (TPSA) is 117 Å². The normalized spacial score (nSPS) is 18.0. The van der Waals surface area contributed by atoms with Crippen molar-refractivity contribution in [2.45, 2.75) is 32.9 Å². The highest BCUT2D eigenvalue weighted by atomic mass is 32.1. The van der Waals surface area contributed by atoms with Gasteiger partial charge in [-0.05, 0) is 45.0 Å². The summed E-state index contributed by atoms with van der Waals surface area (Å²) in [4.78, 5) is 29.2. The van der Waals surface area contributed by atoms with Crippen molar-refractivity contribution in [2.75, 3.05) is 28.6 Å². The molecule has 174 valence electrons. The third-order valence-corrected chi connectivity index (χ3v) is 6.24. The minimum Gasteiger partial charge on any atom is -0.359 e. The summed E-state index contributed by atoms with van der Waals surface area (Å²) in [5.74, 6) is 2.24. The Morgan fingerprint density at radius 2 is 1.68 bits per heavy atom. The zero-order chi connectivity index (χ0) is 23.5. The van der Waals surface area contributed by atoms with E-state index >= 15 is 0 Å². The number of thiazole rings is 1. The Hall–Kier alpha value is -3.70. The Kier molecular flexibility index (Phi) is 6.28. The van der Waals surface area contributed by atoms with Crippen LogP contribution < -0.4 is 20.9 Å². The van der Waals surface area contributed by atoms with E-state index in [2.05, 4.69) is 64.6 Å². The highest BCUT2D eigenvalue weighted by molar-refractivity contribution is 7.19.